The van der Waals surface area contributed by atoms with Crippen LogP contribution in [-0.2, 0) is 0 Å². The highest BCUT2D eigenvalue weighted by Crippen LogP contribution is 2.20. The van der Waals surface area contributed by atoms with Crippen molar-refractivity contribution >= 4 is 0 Å². The summed E-state index contributed by atoms with van der Waals surface area (Å²) in [6.07, 6.45) is 1.13. The van der Waals surface area contributed by atoms with Crippen LogP contribution in [-0.4, -0.2) is 33.6 Å². The first-order chi connectivity index (χ1) is 4.61. The van der Waals surface area contributed by atoms with Crippen molar-refractivity contribution in [1.82, 2.24) is 5.06 Å². The minimum atomic E-state index is -0.228. The number of piperidine rings is 1. The van der Waals surface area contributed by atoms with Crippen LogP contribution in [0.5, 0.6) is 0 Å². The highest BCUT2D eigenvalue weighted by atomic mass is 16.5. The third-order valence-corrected chi connectivity index (χ3v) is 2.13. The first kappa shape index (κ1) is 7.98. The second-order valence-electron chi connectivity index (χ2n) is 3.20. The predicted octanol–water partition coefficient (Wildman–Crippen LogP) is 0.609. The second-order valence-corrected chi connectivity index (χ2v) is 3.20. The molecular weight excluding hydrogens is 130 g/mol. The van der Waals surface area contributed by atoms with Gasteiger partial charge in [0.1, 0.15) is 0 Å². The number of hydrogen-bond donors (Lipinski definition) is 2. The van der Waals surface area contributed by atoms with Gasteiger partial charge < -0.3 is 10.3 Å². The molecule has 0 spiro atoms. The van der Waals surface area contributed by atoms with Crippen LogP contribution >= 0.6 is 0 Å². The second kappa shape index (κ2) is 2.86. The van der Waals surface area contributed by atoms with E-state index in [4.69, 9.17) is 0 Å². The van der Waals surface area contributed by atoms with Crippen molar-refractivity contribution < 1.29 is 10.3 Å². The summed E-state index contributed by atoms with van der Waals surface area (Å²) in [7, 11) is 0. The Hall–Kier alpha value is -0.120. The van der Waals surface area contributed by atoms with E-state index in [1.54, 1.807) is 0 Å². The molecule has 0 aliphatic carbocycles. The summed E-state index contributed by atoms with van der Waals surface area (Å²) < 4.78 is 0. The Kier molecular flexibility index (Phi) is 2.28. The van der Waals surface area contributed by atoms with Crippen molar-refractivity contribution in [2.45, 2.75) is 44.9 Å². The lowest BCUT2D eigenvalue weighted by Crippen LogP contribution is -2.46. The quantitative estimate of drug-likeness (QED) is 0.525. The molecule has 3 nitrogen and oxygen atoms in total. The monoisotopic (exact) mass is 145 g/mol. The predicted molar refractivity (Wildman–Crippen MR) is 37.8 cm³/mol. The molecule has 1 heterocycles. The van der Waals surface area contributed by atoms with Gasteiger partial charge in [-0.15, -0.1) is 0 Å². The smallest absolute Gasteiger partial charge is 0.0571 e. The van der Waals surface area contributed by atoms with Gasteiger partial charge in [0.25, 0.3) is 0 Å². The zero-order valence-electron chi connectivity index (χ0n) is 6.49. The van der Waals surface area contributed by atoms with E-state index in [1.807, 2.05) is 13.8 Å². The summed E-state index contributed by atoms with van der Waals surface area (Å²) >= 11 is 0. The van der Waals surface area contributed by atoms with E-state index in [1.165, 1.54) is 5.06 Å². The summed E-state index contributed by atoms with van der Waals surface area (Å²) in [6, 6.07) is 0.192. The molecule has 0 amide bonds. The molecule has 0 aromatic carbocycles. The third-order valence-electron chi connectivity index (χ3n) is 2.13. The molecule has 1 aliphatic rings. The minimum absolute atomic E-state index is 0.0961. The molecule has 1 fully saturated rings. The van der Waals surface area contributed by atoms with Crippen LogP contribution < -0.4 is 0 Å². The number of aliphatic hydroxyl groups is 1. The third kappa shape index (κ3) is 1.48. The molecular formula is C7H15NO2. The van der Waals surface area contributed by atoms with Gasteiger partial charge in [-0.25, -0.2) is 0 Å². The summed E-state index contributed by atoms with van der Waals surface area (Å²) in [5.74, 6) is 0. The summed E-state index contributed by atoms with van der Waals surface area (Å²) in [5.41, 5.74) is 0. The minimum Gasteiger partial charge on any atom is -0.393 e. The number of hydrogen-bond acceptors (Lipinski definition) is 3. The van der Waals surface area contributed by atoms with Gasteiger partial charge in [-0.2, -0.15) is 5.06 Å². The van der Waals surface area contributed by atoms with Crippen LogP contribution in [0.2, 0.25) is 0 Å². The van der Waals surface area contributed by atoms with E-state index in [-0.39, 0.29) is 18.2 Å². The fourth-order valence-electron chi connectivity index (χ4n) is 1.53. The highest BCUT2D eigenvalue weighted by molar-refractivity contribution is 4.78. The molecule has 3 heteroatoms. The van der Waals surface area contributed by atoms with Crippen molar-refractivity contribution in [2.24, 2.45) is 0 Å². The van der Waals surface area contributed by atoms with Gasteiger partial charge in [-0.1, -0.05) is 0 Å². The number of nitrogens with zero attached hydrogens (tertiary/aromatic N) is 1. The van der Waals surface area contributed by atoms with E-state index in [2.05, 4.69) is 0 Å². The van der Waals surface area contributed by atoms with Crippen LogP contribution in [0.3, 0.4) is 0 Å². The Morgan fingerprint density at radius 1 is 1.20 bits per heavy atom. The van der Waals surface area contributed by atoms with Gasteiger partial charge in [-0.05, 0) is 26.7 Å². The van der Waals surface area contributed by atoms with Crippen molar-refractivity contribution in [3.63, 3.8) is 0 Å². The van der Waals surface area contributed by atoms with Crippen LogP contribution in [0.25, 0.3) is 0 Å². The maximum Gasteiger partial charge on any atom is 0.0571 e. The molecule has 10 heavy (non-hydrogen) atoms. The van der Waals surface area contributed by atoms with Gasteiger partial charge in [0, 0.05) is 12.1 Å². The van der Waals surface area contributed by atoms with Crippen LogP contribution in [0.1, 0.15) is 26.7 Å². The van der Waals surface area contributed by atoms with E-state index < -0.39 is 0 Å². The van der Waals surface area contributed by atoms with Gasteiger partial charge in [-0.3, -0.25) is 0 Å². The number of aliphatic hydroxyl groups excluding tert-OH is 1. The van der Waals surface area contributed by atoms with Gasteiger partial charge in [0.2, 0.25) is 0 Å². The van der Waals surface area contributed by atoms with Crippen molar-refractivity contribution in [2.75, 3.05) is 0 Å². The summed E-state index contributed by atoms with van der Waals surface area (Å²) in [4.78, 5) is 0. The van der Waals surface area contributed by atoms with E-state index in [9.17, 15) is 10.3 Å². The van der Waals surface area contributed by atoms with Gasteiger partial charge >= 0.3 is 0 Å². The normalized spacial score (nSPS) is 43.8. The zero-order valence-corrected chi connectivity index (χ0v) is 6.49. The maximum absolute atomic E-state index is 9.29. The Labute approximate surface area is 61.2 Å². The topological polar surface area (TPSA) is 43.7 Å². The van der Waals surface area contributed by atoms with Gasteiger partial charge in [0.15, 0.2) is 0 Å². The highest BCUT2D eigenvalue weighted by Gasteiger charge is 2.28. The van der Waals surface area contributed by atoms with Gasteiger partial charge in [0.05, 0.1) is 6.10 Å². The van der Waals surface area contributed by atoms with Crippen molar-refractivity contribution in [1.29, 1.82) is 0 Å². The molecule has 2 atom stereocenters. The average molecular weight is 145 g/mol. The summed E-state index contributed by atoms with van der Waals surface area (Å²) in [5, 5.41) is 19.8. The van der Waals surface area contributed by atoms with Crippen LogP contribution in [0.4, 0.5) is 0 Å². The van der Waals surface area contributed by atoms with Crippen LogP contribution in [0.15, 0.2) is 0 Å². The molecule has 0 saturated carbocycles. The molecule has 1 saturated heterocycles. The lowest BCUT2D eigenvalue weighted by Gasteiger charge is -2.36. The van der Waals surface area contributed by atoms with Crippen LogP contribution in [0, 0.1) is 0 Å². The molecule has 0 aromatic heterocycles. The molecule has 1 aliphatic heterocycles. The lowest BCUT2D eigenvalue weighted by molar-refractivity contribution is -0.184. The Balaban J connectivity index is 2.49. The molecule has 0 radical (unpaired) electrons. The van der Waals surface area contributed by atoms with E-state index in [0.29, 0.717) is 12.8 Å². The molecule has 0 aromatic rings. The van der Waals surface area contributed by atoms with Crippen molar-refractivity contribution in [3.8, 4) is 0 Å². The van der Waals surface area contributed by atoms with E-state index in [0.717, 1.165) is 0 Å². The first-order valence-corrected chi connectivity index (χ1v) is 3.76. The fourth-order valence-corrected chi connectivity index (χ4v) is 1.53. The largest absolute Gasteiger partial charge is 0.393 e. The first-order valence-electron chi connectivity index (χ1n) is 3.76. The molecule has 2 unspecified atom stereocenters. The number of rotatable bonds is 0. The molecule has 1 rings (SSSR count). The average Bonchev–Trinajstić information content (AvgIpc) is 1.82. The molecule has 0 bridgehead atoms. The SMILES string of the molecule is CC1CC(O)CC(C)N1O. The molecule has 2 N–H and O–H groups in total. The fraction of sp³-hybridized carbons (Fsp3) is 1.00. The van der Waals surface area contributed by atoms with Crippen molar-refractivity contribution in [3.05, 3.63) is 0 Å². The Morgan fingerprint density at radius 2 is 1.60 bits per heavy atom. The zero-order chi connectivity index (χ0) is 7.72. The lowest BCUT2D eigenvalue weighted by atomic mass is 9.97. The number of hydroxylamine groups is 2. The molecule has 60 valence electrons. The van der Waals surface area contributed by atoms with E-state index >= 15 is 0 Å². The Morgan fingerprint density at radius 3 is 2.00 bits per heavy atom. The maximum atomic E-state index is 9.29. The standard InChI is InChI=1S/C7H15NO2/c1-5-3-7(9)4-6(2)8(5)10/h5-7,9-10H,3-4H2,1-2H3. The Bertz CT molecular complexity index is 106. The summed E-state index contributed by atoms with van der Waals surface area (Å²) in [6.45, 7) is 3.83.